The molecule has 1 heterocycles. The molecule has 27 heavy (non-hydrogen) atoms. The van der Waals surface area contributed by atoms with Crippen LogP contribution in [0.15, 0.2) is 52.8 Å². The van der Waals surface area contributed by atoms with Crippen LogP contribution in [0.25, 0.3) is 0 Å². The van der Waals surface area contributed by atoms with Gasteiger partial charge in [-0.2, -0.15) is 4.98 Å². The number of nitrogens with zero attached hydrogens (tertiary/aromatic N) is 3. The Bertz CT molecular complexity index is 860. The first-order valence-corrected chi connectivity index (χ1v) is 9.40. The Balaban J connectivity index is 1.61. The first-order valence-electron chi connectivity index (χ1n) is 9.02. The number of hydrogen-bond acceptors (Lipinski definition) is 5. The Kier molecular flexibility index (Phi) is 6.29. The van der Waals surface area contributed by atoms with Crippen LogP contribution in [0, 0.1) is 0 Å². The van der Waals surface area contributed by atoms with E-state index in [0.717, 1.165) is 12.1 Å². The zero-order valence-electron chi connectivity index (χ0n) is 15.1. The van der Waals surface area contributed by atoms with E-state index in [1.54, 1.807) is 29.2 Å². The number of aliphatic hydroxyl groups excluding tert-OH is 1. The fourth-order valence-corrected chi connectivity index (χ4v) is 3.12. The van der Waals surface area contributed by atoms with Crippen molar-refractivity contribution >= 4 is 23.2 Å². The van der Waals surface area contributed by atoms with Gasteiger partial charge in [-0.1, -0.05) is 35.8 Å². The molecule has 0 bridgehead atoms. The molecular formula is C20H22ClN3O3. The molecule has 0 saturated carbocycles. The molecule has 1 atom stereocenters. The van der Waals surface area contributed by atoms with Gasteiger partial charge in [-0.25, -0.2) is 0 Å². The number of rotatable bonds is 7. The second-order valence-corrected chi connectivity index (χ2v) is 6.84. The van der Waals surface area contributed by atoms with E-state index in [4.69, 9.17) is 16.1 Å². The number of carbonyl (C=O) groups is 1. The lowest BCUT2D eigenvalue weighted by molar-refractivity contribution is -0.118. The van der Waals surface area contributed by atoms with Crippen molar-refractivity contribution in [1.29, 1.82) is 0 Å². The van der Waals surface area contributed by atoms with Crippen molar-refractivity contribution in [3.63, 3.8) is 0 Å². The SMILES string of the molecule is CCCN(C(=O)CCc1nc(C2C=CC(O)=CC2)no1)c1cccc(Cl)c1. The van der Waals surface area contributed by atoms with Gasteiger partial charge in [0.2, 0.25) is 11.8 Å². The van der Waals surface area contributed by atoms with Crippen molar-refractivity contribution in [3.05, 3.63) is 65.0 Å². The van der Waals surface area contributed by atoms with Crippen LogP contribution in [0.2, 0.25) is 5.02 Å². The minimum absolute atomic E-state index is 0.00992. The maximum absolute atomic E-state index is 12.7. The normalized spacial score (nSPS) is 16.2. The Labute approximate surface area is 163 Å². The third kappa shape index (κ3) is 4.98. The average Bonchev–Trinajstić information content (AvgIpc) is 3.14. The number of amides is 1. The van der Waals surface area contributed by atoms with Crippen molar-refractivity contribution in [2.24, 2.45) is 0 Å². The number of aromatic nitrogens is 2. The summed E-state index contributed by atoms with van der Waals surface area (Å²) in [5.74, 6) is 1.23. The molecule has 1 aromatic carbocycles. The minimum Gasteiger partial charge on any atom is -0.508 e. The van der Waals surface area contributed by atoms with Crippen LogP contribution >= 0.6 is 11.6 Å². The number of carbonyl (C=O) groups excluding carboxylic acids is 1. The maximum atomic E-state index is 12.7. The minimum atomic E-state index is -0.0165. The van der Waals surface area contributed by atoms with Gasteiger partial charge in [-0.15, -0.1) is 0 Å². The molecule has 6 nitrogen and oxygen atoms in total. The number of allylic oxidation sites excluding steroid dienone is 3. The third-order valence-corrected chi connectivity index (χ3v) is 4.55. The van der Waals surface area contributed by atoms with Crippen LogP contribution < -0.4 is 4.90 Å². The zero-order valence-corrected chi connectivity index (χ0v) is 15.9. The molecule has 0 radical (unpaired) electrons. The van der Waals surface area contributed by atoms with Crippen molar-refractivity contribution in [2.75, 3.05) is 11.4 Å². The largest absolute Gasteiger partial charge is 0.508 e. The van der Waals surface area contributed by atoms with E-state index in [1.165, 1.54) is 0 Å². The van der Waals surface area contributed by atoms with Crippen LogP contribution in [0.4, 0.5) is 5.69 Å². The van der Waals surface area contributed by atoms with Gasteiger partial charge < -0.3 is 14.5 Å². The third-order valence-electron chi connectivity index (χ3n) is 4.32. The molecule has 1 aliphatic carbocycles. The number of anilines is 1. The smallest absolute Gasteiger partial charge is 0.227 e. The number of halogens is 1. The quantitative estimate of drug-likeness (QED) is 0.751. The first kappa shape index (κ1) is 19.2. The Morgan fingerprint density at radius 2 is 2.30 bits per heavy atom. The van der Waals surface area contributed by atoms with E-state index in [9.17, 15) is 9.90 Å². The summed E-state index contributed by atoms with van der Waals surface area (Å²) < 4.78 is 5.29. The second-order valence-electron chi connectivity index (χ2n) is 6.40. The Hall–Kier alpha value is -2.60. The topological polar surface area (TPSA) is 79.5 Å². The van der Waals surface area contributed by atoms with Gasteiger partial charge >= 0.3 is 0 Å². The molecule has 2 aromatic rings. The summed E-state index contributed by atoms with van der Waals surface area (Å²) in [6, 6.07) is 7.29. The van der Waals surface area contributed by atoms with Gasteiger partial charge in [0.1, 0.15) is 5.76 Å². The first-order chi connectivity index (χ1) is 13.1. The number of benzene rings is 1. The standard InChI is InChI=1S/C20H22ClN3O3/c1-2-12-24(16-5-3-4-15(21)13-16)19(26)11-10-18-22-20(23-27-18)14-6-8-17(25)9-7-14/h3-6,8-9,13-14,25H,2,7,10-12H2,1H3. The lowest BCUT2D eigenvalue weighted by Crippen LogP contribution is -2.31. The molecule has 0 saturated heterocycles. The van der Waals surface area contributed by atoms with Gasteiger partial charge in [-0.3, -0.25) is 4.79 Å². The van der Waals surface area contributed by atoms with E-state index >= 15 is 0 Å². The molecule has 1 unspecified atom stereocenters. The summed E-state index contributed by atoms with van der Waals surface area (Å²) in [6.07, 6.45) is 7.31. The summed E-state index contributed by atoms with van der Waals surface area (Å²) in [4.78, 5) is 18.8. The second kappa shape index (κ2) is 8.86. The molecule has 1 aliphatic rings. The fraction of sp³-hybridized carbons (Fsp3) is 0.350. The van der Waals surface area contributed by atoms with Crippen molar-refractivity contribution in [3.8, 4) is 0 Å². The zero-order chi connectivity index (χ0) is 19.2. The predicted molar refractivity (Wildman–Crippen MR) is 104 cm³/mol. The molecule has 0 aliphatic heterocycles. The summed E-state index contributed by atoms with van der Waals surface area (Å²) in [6.45, 7) is 2.65. The van der Waals surface area contributed by atoms with Crippen molar-refractivity contribution in [1.82, 2.24) is 10.1 Å². The van der Waals surface area contributed by atoms with E-state index in [1.807, 2.05) is 25.1 Å². The van der Waals surface area contributed by atoms with Gasteiger partial charge in [0.25, 0.3) is 0 Å². The summed E-state index contributed by atoms with van der Waals surface area (Å²) >= 11 is 6.06. The summed E-state index contributed by atoms with van der Waals surface area (Å²) in [5.41, 5.74) is 0.791. The van der Waals surface area contributed by atoms with Gasteiger partial charge in [0.05, 0.1) is 0 Å². The summed E-state index contributed by atoms with van der Waals surface area (Å²) in [5, 5.41) is 14.0. The van der Waals surface area contributed by atoms with E-state index in [0.29, 0.717) is 36.1 Å². The average molecular weight is 388 g/mol. The monoisotopic (exact) mass is 387 g/mol. The number of aliphatic hydroxyl groups is 1. The summed E-state index contributed by atoms with van der Waals surface area (Å²) in [7, 11) is 0. The molecule has 7 heteroatoms. The lowest BCUT2D eigenvalue weighted by atomic mass is 9.99. The highest BCUT2D eigenvalue weighted by molar-refractivity contribution is 6.30. The van der Waals surface area contributed by atoms with Crippen molar-refractivity contribution in [2.45, 2.75) is 38.5 Å². The molecule has 142 valence electrons. The molecule has 1 N–H and O–H groups in total. The van der Waals surface area contributed by atoms with Crippen LogP contribution in [-0.4, -0.2) is 27.7 Å². The number of hydrogen-bond donors (Lipinski definition) is 1. The molecular weight excluding hydrogens is 366 g/mol. The van der Waals surface area contributed by atoms with Crippen LogP contribution in [0.1, 0.15) is 43.8 Å². The van der Waals surface area contributed by atoms with Gasteiger partial charge in [0.15, 0.2) is 5.82 Å². The molecule has 3 rings (SSSR count). The van der Waals surface area contributed by atoms with Gasteiger partial charge in [-0.05, 0) is 43.2 Å². The van der Waals surface area contributed by atoms with Crippen LogP contribution in [-0.2, 0) is 11.2 Å². The van der Waals surface area contributed by atoms with Crippen LogP contribution in [0.3, 0.4) is 0 Å². The molecule has 1 aromatic heterocycles. The highest BCUT2D eigenvalue weighted by atomic mass is 35.5. The highest BCUT2D eigenvalue weighted by Crippen LogP contribution is 2.24. The van der Waals surface area contributed by atoms with E-state index in [-0.39, 0.29) is 24.0 Å². The molecule has 1 amide bonds. The van der Waals surface area contributed by atoms with E-state index < -0.39 is 0 Å². The fourth-order valence-electron chi connectivity index (χ4n) is 2.93. The van der Waals surface area contributed by atoms with Gasteiger partial charge in [0, 0.05) is 36.0 Å². The molecule has 0 spiro atoms. The lowest BCUT2D eigenvalue weighted by Gasteiger charge is -2.22. The number of aryl methyl sites for hydroxylation is 1. The Morgan fingerprint density at radius 1 is 1.44 bits per heavy atom. The van der Waals surface area contributed by atoms with Crippen molar-refractivity contribution < 1.29 is 14.4 Å². The Morgan fingerprint density at radius 3 is 3.00 bits per heavy atom. The van der Waals surface area contributed by atoms with Crippen LogP contribution in [0.5, 0.6) is 0 Å². The highest BCUT2D eigenvalue weighted by Gasteiger charge is 2.20. The predicted octanol–water partition coefficient (Wildman–Crippen LogP) is 4.58. The molecule has 0 fully saturated rings. The van der Waals surface area contributed by atoms with E-state index in [2.05, 4.69) is 10.1 Å². The maximum Gasteiger partial charge on any atom is 0.227 e.